The van der Waals surface area contributed by atoms with Crippen LogP contribution < -0.4 is 5.73 Å². The predicted octanol–water partition coefficient (Wildman–Crippen LogP) is 2.74. The minimum absolute atomic E-state index is 0.153. The van der Waals surface area contributed by atoms with Crippen molar-refractivity contribution >= 4 is 39.5 Å². The normalized spacial score (nSPS) is 11.3. The fraction of sp³-hybridized carbons (Fsp3) is 0. The highest BCUT2D eigenvalue weighted by atomic mass is 16.4. The molecule has 0 aliphatic rings. The lowest BCUT2D eigenvalue weighted by atomic mass is 10.1. The Hall–Kier alpha value is -4.40. The van der Waals surface area contributed by atoms with Gasteiger partial charge in [-0.15, -0.1) is 0 Å². The number of benzene rings is 2. The van der Waals surface area contributed by atoms with E-state index in [-0.39, 0.29) is 23.0 Å². The van der Waals surface area contributed by atoms with E-state index in [0.29, 0.717) is 22.4 Å². The molecule has 0 fully saturated rings. The van der Waals surface area contributed by atoms with Gasteiger partial charge in [-0.05, 0) is 30.3 Å². The van der Waals surface area contributed by atoms with Gasteiger partial charge in [0.05, 0.1) is 34.2 Å². The number of nitrogens with one attached hydrogen (secondary N) is 2. The number of carboxylic acid groups (broad SMARTS) is 1. The maximum atomic E-state index is 12.9. The van der Waals surface area contributed by atoms with Crippen molar-refractivity contribution in [3.8, 4) is 5.69 Å². The first-order chi connectivity index (χ1) is 14.0. The van der Waals surface area contributed by atoms with E-state index in [0.717, 1.165) is 10.9 Å². The molecule has 0 saturated heterocycles. The Morgan fingerprint density at radius 2 is 1.86 bits per heavy atom. The Morgan fingerprint density at radius 3 is 2.66 bits per heavy atom. The number of ketones is 1. The molecule has 3 aromatic heterocycles. The summed E-state index contributed by atoms with van der Waals surface area (Å²) in [6.07, 6.45) is 1.42. The van der Waals surface area contributed by atoms with Crippen LogP contribution in [0, 0.1) is 0 Å². The highest BCUT2D eigenvalue weighted by molar-refractivity contribution is 6.12. The first kappa shape index (κ1) is 16.8. The summed E-state index contributed by atoms with van der Waals surface area (Å²) in [7, 11) is 0. The van der Waals surface area contributed by atoms with Crippen molar-refractivity contribution in [2.45, 2.75) is 0 Å². The number of aromatic nitrogens is 5. The lowest BCUT2D eigenvalue weighted by molar-refractivity contribution is 0.0685. The monoisotopic (exact) mass is 386 g/mol. The molecule has 0 atom stereocenters. The van der Waals surface area contributed by atoms with Crippen molar-refractivity contribution in [3.05, 3.63) is 71.8 Å². The summed E-state index contributed by atoms with van der Waals surface area (Å²) in [5.41, 5.74) is 9.37. The van der Waals surface area contributed by atoms with Crippen LogP contribution in [0.1, 0.15) is 26.7 Å². The summed E-state index contributed by atoms with van der Waals surface area (Å²) in [4.78, 5) is 33.8. The average Bonchev–Trinajstić information content (AvgIpc) is 3.42. The molecule has 0 radical (unpaired) electrons. The minimum Gasteiger partial charge on any atom is -0.475 e. The Bertz CT molecular complexity index is 1390. The number of carboxylic acids is 1. The maximum absolute atomic E-state index is 12.9. The maximum Gasteiger partial charge on any atom is 0.371 e. The third-order valence-electron chi connectivity index (χ3n) is 4.74. The molecule has 0 bridgehead atoms. The summed E-state index contributed by atoms with van der Waals surface area (Å²) < 4.78 is 1.43. The van der Waals surface area contributed by atoms with E-state index in [1.807, 2.05) is 24.3 Å². The zero-order valence-corrected chi connectivity index (χ0v) is 14.9. The SMILES string of the molecule is Nc1c(C(=O)c2cc3ccccc3[nH]2)cnn1-c1ccc2nc(C(=O)O)[nH]c2c1. The zero-order chi connectivity index (χ0) is 20.1. The van der Waals surface area contributed by atoms with Crippen LogP contribution in [0.4, 0.5) is 5.82 Å². The standard InChI is InChI=1S/C20H14N6O3/c21-18-12(17(27)16-7-10-3-1-2-4-13(10)23-16)9-22-26(18)11-5-6-14-15(8-11)25-19(24-14)20(28)29/h1-9,23H,21H2,(H,24,25)(H,28,29). The van der Waals surface area contributed by atoms with Crippen LogP contribution in [0.15, 0.2) is 54.7 Å². The van der Waals surface area contributed by atoms with Crippen molar-refractivity contribution in [2.24, 2.45) is 0 Å². The molecule has 5 aromatic rings. The van der Waals surface area contributed by atoms with Gasteiger partial charge in [0.1, 0.15) is 5.82 Å². The predicted molar refractivity (Wildman–Crippen MR) is 106 cm³/mol. The second-order valence-electron chi connectivity index (χ2n) is 6.55. The molecule has 0 aliphatic carbocycles. The molecule has 0 saturated carbocycles. The largest absolute Gasteiger partial charge is 0.475 e. The number of aromatic amines is 2. The molecular weight excluding hydrogens is 372 g/mol. The number of nitrogens with zero attached hydrogens (tertiary/aromatic N) is 3. The van der Waals surface area contributed by atoms with Crippen molar-refractivity contribution in [2.75, 3.05) is 5.73 Å². The molecule has 0 spiro atoms. The van der Waals surface area contributed by atoms with Crippen LogP contribution in [0.3, 0.4) is 0 Å². The van der Waals surface area contributed by atoms with E-state index in [4.69, 9.17) is 10.8 Å². The third kappa shape index (κ3) is 2.64. The van der Waals surface area contributed by atoms with Gasteiger partial charge in [0.15, 0.2) is 0 Å². The van der Waals surface area contributed by atoms with Crippen LogP contribution in [-0.4, -0.2) is 41.6 Å². The first-order valence-electron chi connectivity index (χ1n) is 8.70. The van der Waals surface area contributed by atoms with E-state index < -0.39 is 5.97 Å². The minimum atomic E-state index is -1.15. The molecular formula is C20H14N6O3. The number of fused-ring (bicyclic) bond motifs is 2. The number of carbonyl (C=O) groups is 2. The molecule has 2 aromatic carbocycles. The van der Waals surface area contributed by atoms with E-state index in [9.17, 15) is 9.59 Å². The van der Waals surface area contributed by atoms with E-state index in [2.05, 4.69) is 20.1 Å². The van der Waals surface area contributed by atoms with Crippen LogP contribution in [0.25, 0.3) is 27.6 Å². The van der Waals surface area contributed by atoms with E-state index in [1.54, 1.807) is 24.3 Å². The summed E-state index contributed by atoms with van der Waals surface area (Å²) in [6, 6.07) is 14.4. The highest BCUT2D eigenvalue weighted by Gasteiger charge is 2.20. The average molecular weight is 386 g/mol. The molecule has 0 amide bonds. The fourth-order valence-corrected chi connectivity index (χ4v) is 3.31. The quantitative estimate of drug-likeness (QED) is 0.350. The molecule has 9 nitrogen and oxygen atoms in total. The van der Waals surface area contributed by atoms with E-state index in [1.165, 1.54) is 10.9 Å². The number of anilines is 1. The molecule has 0 unspecified atom stereocenters. The van der Waals surface area contributed by atoms with Crippen molar-refractivity contribution in [1.29, 1.82) is 0 Å². The van der Waals surface area contributed by atoms with Gasteiger partial charge in [0, 0.05) is 10.9 Å². The highest BCUT2D eigenvalue weighted by Crippen LogP contribution is 2.24. The van der Waals surface area contributed by atoms with Gasteiger partial charge in [-0.1, -0.05) is 18.2 Å². The smallest absolute Gasteiger partial charge is 0.371 e. The summed E-state index contributed by atoms with van der Waals surface area (Å²) in [5.74, 6) is -1.38. The molecule has 5 rings (SSSR count). The van der Waals surface area contributed by atoms with Crippen LogP contribution >= 0.6 is 0 Å². The molecule has 5 N–H and O–H groups in total. The van der Waals surface area contributed by atoms with Crippen molar-refractivity contribution in [3.63, 3.8) is 0 Å². The number of rotatable bonds is 4. The van der Waals surface area contributed by atoms with Crippen LogP contribution in [-0.2, 0) is 0 Å². The second kappa shape index (κ2) is 6.06. The summed E-state index contributed by atoms with van der Waals surface area (Å²) in [5, 5.41) is 14.2. The number of nitrogen functional groups attached to an aromatic ring is 1. The molecule has 9 heteroatoms. The number of hydrogen-bond donors (Lipinski definition) is 4. The number of carbonyl (C=O) groups excluding carboxylic acids is 1. The fourth-order valence-electron chi connectivity index (χ4n) is 3.31. The van der Waals surface area contributed by atoms with Gasteiger partial charge in [0.2, 0.25) is 11.6 Å². The number of nitrogens with two attached hydrogens (primary N) is 1. The number of hydrogen-bond acceptors (Lipinski definition) is 5. The third-order valence-corrected chi connectivity index (χ3v) is 4.74. The molecule has 3 heterocycles. The Morgan fingerprint density at radius 1 is 1.03 bits per heavy atom. The van der Waals surface area contributed by atoms with Gasteiger partial charge in [-0.25, -0.2) is 14.5 Å². The first-order valence-corrected chi connectivity index (χ1v) is 8.70. The van der Waals surface area contributed by atoms with Crippen LogP contribution in [0.2, 0.25) is 0 Å². The number of aromatic carboxylic acids is 1. The summed E-state index contributed by atoms with van der Waals surface area (Å²) >= 11 is 0. The number of H-pyrrole nitrogens is 2. The number of imidazole rings is 1. The zero-order valence-electron chi connectivity index (χ0n) is 14.9. The van der Waals surface area contributed by atoms with E-state index >= 15 is 0 Å². The van der Waals surface area contributed by atoms with Crippen LogP contribution in [0.5, 0.6) is 0 Å². The van der Waals surface area contributed by atoms with Gasteiger partial charge >= 0.3 is 5.97 Å². The number of para-hydroxylation sites is 1. The van der Waals surface area contributed by atoms with Gasteiger partial charge < -0.3 is 20.8 Å². The van der Waals surface area contributed by atoms with Crippen molar-refractivity contribution in [1.82, 2.24) is 24.7 Å². The Balaban J connectivity index is 1.54. The summed E-state index contributed by atoms with van der Waals surface area (Å²) in [6.45, 7) is 0. The molecule has 0 aliphatic heterocycles. The van der Waals surface area contributed by atoms with Crippen molar-refractivity contribution < 1.29 is 14.7 Å². The lowest BCUT2D eigenvalue weighted by Gasteiger charge is -2.05. The molecule has 142 valence electrons. The van der Waals surface area contributed by atoms with Gasteiger partial charge in [-0.3, -0.25) is 4.79 Å². The van der Waals surface area contributed by atoms with Gasteiger partial charge in [-0.2, -0.15) is 5.10 Å². The second-order valence-corrected chi connectivity index (χ2v) is 6.55. The van der Waals surface area contributed by atoms with Gasteiger partial charge in [0.25, 0.3) is 0 Å². The molecule has 29 heavy (non-hydrogen) atoms. The Labute approximate surface area is 162 Å². The lowest BCUT2D eigenvalue weighted by Crippen LogP contribution is -2.07. The topological polar surface area (TPSA) is 143 Å². The Kier molecular flexibility index (Phi) is 3.50.